The van der Waals surface area contributed by atoms with Crippen molar-refractivity contribution in [1.29, 1.82) is 0 Å². The number of anilines is 1. The molecule has 0 aromatic heterocycles. The molecule has 6 heteroatoms. The average molecular weight is 525 g/mol. The van der Waals surface area contributed by atoms with Crippen LogP contribution in [0, 0.1) is 0 Å². The molecule has 0 saturated heterocycles. The Morgan fingerprint density at radius 2 is 1.49 bits per heavy atom. The molecule has 39 heavy (non-hydrogen) atoms. The highest BCUT2D eigenvalue weighted by Crippen LogP contribution is 2.31. The summed E-state index contributed by atoms with van der Waals surface area (Å²) in [6.07, 6.45) is 0.0347. The monoisotopic (exact) mass is 524 g/mol. The van der Waals surface area contributed by atoms with Gasteiger partial charge in [-0.3, -0.25) is 9.69 Å². The summed E-state index contributed by atoms with van der Waals surface area (Å²) in [6, 6.07) is 33.3. The Hall–Kier alpha value is -4.26. The first-order valence-corrected chi connectivity index (χ1v) is 12.9. The SMILES string of the molecule is C=O.CC(=O)Nc1cc([C@H](O)CN(Cc2ccccc2)[C@H](C)Cc2ccc(O)cc2)ccc1-c1ccccc1. The number of nitrogens with one attached hydrogen (secondary N) is 1. The minimum absolute atomic E-state index is 0.137. The van der Waals surface area contributed by atoms with Crippen LogP contribution in [0.25, 0.3) is 11.1 Å². The normalized spacial score (nSPS) is 12.2. The predicted molar refractivity (Wildman–Crippen MR) is 156 cm³/mol. The van der Waals surface area contributed by atoms with Crippen molar-refractivity contribution in [3.8, 4) is 16.9 Å². The molecule has 4 aromatic carbocycles. The van der Waals surface area contributed by atoms with Gasteiger partial charge in [0.2, 0.25) is 5.91 Å². The van der Waals surface area contributed by atoms with Crippen molar-refractivity contribution < 1.29 is 19.8 Å². The number of phenolic OH excluding ortho intramolecular Hbond substituents is 1. The first-order chi connectivity index (χ1) is 18.9. The molecule has 0 bridgehead atoms. The number of benzene rings is 4. The molecule has 0 aliphatic heterocycles. The van der Waals surface area contributed by atoms with Crippen molar-refractivity contribution in [2.24, 2.45) is 0 Å². The van der Waals surface area contributed by atoms with Gasteiger partial charge in [0, 0.05) is 37.3 Å². The minimum Gasteiger partial charge on any atom is -0.508 e. The van der Waals surface area contributed by atoms with E-state index < -0.39 is 6.10 Å². The van der Waals surface area contributed by atoms with Crippen LogP contribution in [0.1, 0.15) is 36.6 Å². The standard InChI is InChI=1S/C32H34N2O3.CH2O/c1-23(19-25-13-16-29(36)17-14-25)34(21-26-9-5-3-6-10-26)22-32(37)28-15-18-30(27-11-7-4-8-12-27)31(20-28)33-24(2)35;1-2/h3-18,20,23,32,36-37H,19,21-22H2,1-2H3,(H,33,35);1H2/t23-,32-;/m1./s1. The summed E-state index contributed by atoms with van der Waals surface area (Å²) in [5.41, 5.74) is 5.64. The molecule has 3 N–H and O–H groups in total. The van der Waals surface area contributed by atoms with Crippen LogP contribution in [-0.2, 0) is 22.6 Å². The second kappa shape index (κ2) is 14.6. The largest absolute Gasteiger partial charge is 0.508 e. The number of aliphatic hydroxyl groups is 1. The van der Waals surface area contributed by atoms with Gasteiger partial charge >= 0.3 is 0 Å². The molecule has 202 valence electrons. The highest BCUT2D eigenvalue weighted by Gasteiger charge is 2.21. The highest BCUT2D eigenvalue weighted by atomic mass is 16.3. The van der Waals surface area contributed by atoms with E-state index in [1.54, 1.807) is 12.1 Å². The van der Waals surface area contributed by atoms with Gasteiger partial charge < -0.3 is 20.3 Å². The summed E-state index contributed by atoms with van der Waals surface area (Å²) in [5.74, 6) is 0.0962. The van der Waals surface area contributed by atoms with Gasteiger partial charge in [-0.25, -0.2) is 0 Å². The smallest absolute Gasteiger partial charge is 0.221 e. The van der Waals surface area contributed by atoms with Gasteiger partial charge in [0.1, 0.15) is 12.5 Å². The fourth-order valence-electron chi connectivity index (χ4n) is 4.58. The Labute approximate surface area is 230 Å². The quantitative estimate of drug-likeness (QED) is 0.237. The molecule has 4 aromatic rings. The number of aliphatic hydroxyl groups excluding tert-OH is 1. The number of phenols is 1. The van der Waals surface area contributed by atoms with E-state index in [0.717, 1.165) is 28.7 Å². The van der Waals surface area contributed by atoms with Gasteiger partial charge in [-0.05, 0) is 53.8 Å². The molecule has 0 fully saturated rings. The molecular formula is C33H36N2O4. The topological polar surface area (TPSA) is 89.9 Å². The Kier molecular flexibility index (Phi) is 11.0. The van der Waals surface area contributed by atoms with Crippen LogP contribution in [0.3, 0.4) is 0 Å². The zero-order valence-electron chi connectivity index (χ0n) is 22.5. The Balaban J connectivity index is 0.00000205. The molecule has 1 amide bonds. The number of rotatable bonds is 10. The number of nitrogens with zero attached hydrogens (tertiary/aromatic N) is 1. The van der Waals surface area contributed by atoms with Gasteiger partial charge in [-0.1, -0.05) is 84.9 Å². The van der Waals surface area contributed by atoms with E-state index in [9.17, 15) is 15.0 Å². The highest BCUT2D eigenvalue weighted by molar-refractivity contribution is 5.94. The average Bonchev–Trinajstić information content (AvgIpc) is 2.95. The predicted octanol–water partition coefficient (Wildman–Crippen LogP) is 6.00. The summed E-state index contributed by atoms with van der Waals surface area (Å²) in [5, 5.41) is 23.9. The summed E-state index contributed by atoms with van der Waals surface area (Å²) < 4.78 is 0. The van der Waals surface area contributed by atoms with Crippen molar-refractivity contribution in [3.05, 3.63) is 120 Å². The maximum absolute atomic E-state index is 11.9. The first kappa shape index (κ1) is 29.3. The fraction of sp³-hybridized carbons (Fsp3) is 0.212. The number of hydrogen-bond donors (Lipinski definition) is 3. The maximum atomic E-state index is 11.9. The van der Waals surface area contributed by atoms with Gasteiger partial charge in [-0.2, -0.15) is 0 Å². The number of amides is 1. The van der Waals surface area contributed by atoms with E-state index in [0.29, 0.717) is 18.8 Å². The summed E-state index contributed by atoms with van der Waals surface area (Å²) in [7, 11) is 0. The van der Waals surface area contributed by atoms with E-state index in [-0.39, 0.29) is 17.7 Å². The molecule has 0 spiro atoms. The maximum Gasteiger partial charge on any atom is 0.221 e. The van der Waals surface area contributed by atoms with Crippen molar-refractivity contribution in [1.82, 2.24) is 4.90 Å². The van der Waals surface area contributed by atoms with Crippen molar-refractivity contribution in [2.75, 3.05) is 11.9 Å². The van der Waals surface area contributed by atoms with Crippen LogP contribution in [0.4, 0.5) is 5.69 Å². The van der Waals surface area contributed by atoms with Crippen molar-refractivity contribution >= 4 is 18.4 Å². The Morgan fingerprint density at radius 1 is 0.872 bits per heavy atom. The summed E-state index contributed by atoms with van der Waals surface area (Å²) in [6.45, 7) is 6.77. The van der Waals surface area contributed by atoms with Crippen LogP contribution in [-0.4, -0.2) is 40.4 Å². The second-order valence-corrected chi connectivity index (χ2v) is 9.50. The molecule has 2 atom stereocenters. The molecule has 0 saturated carbocycles. The van der Waals surface area contributed by atoms with E-state index >= 15 is 0 Å². The minimum atomic E-state index is -0.747. The summed E-state index contributed by atoms with van der Waals surface area (Å²) >= 11 is 0. The number of aromatic hydroxyl groups is 1. The number of carbonyl (C=O) groups is 2. The van der Waals surface area contributed by atoms with Gasteiger partial charge in [-0.15, -0.1) is 0 Å². The van der Waals surface area contributed by atoms with Gasteiger partial charge in [0.15, 0.2) is 0 Å². The van der Waals surface area contributed by atoms with E-state index in [1.807, 2.05) is 85.7 Å². The lowest BCUT2D eigenvalue weighted by Crippen LogP contribution is -2.37. The van der Waals surface area contributed by atoms with E-state index in [1.165, 1.54) is 12.5 Å². The zero-order chi connectivity index (χ0) is 28.2. The zero-order valence-corrected chi connectivity index (χ0v) is 22.5. The van der Waals surface area contributed by atoms with Crippen molar-refractivity contribution in [3.63, 3.8) is 0 Å². The van der Waals surface area contributed by atoms with Crippen molar-refractivity contribution in [2.45, 2.75) is 39.0 Å². The third-order valence-corrected chi connectivity index (χ3v) is 6.55. The van der Waals surface area contributed by atoms with Gasteiger partial charge in [0.05, 0.1) is 6.10 Å². The molecule has 4 rings (SSSR count). The third kappa shape index (κ3) is 8.64. The molecule has 6 nitrogen and oxygen atoms in total. The summed E-state index contributed by atoms with van der Waals surface area (Å²) in [4.78, 5) is 22.2. The van der Waals surface area contributed by atoms with E-state index in [4.69, 9.17) is 4.79 Å². The molecule has 0 unspecified atom stereocenters. The third-order valence-electron chi connectivity index (χ3n) is 6.55. The fourth-order valence-corrected chi connectivity index (χ4v) is 4.58. The molecular weight excluding hydrogens is 488 g/mol. The molecule has 0 aliphatic carbocycles. The Morgan fingerprint density at radius 3 is 2.10 bits per heavy atom. The number of hydrogen-bond acceptors (Lipinski definition) is 5. The lowest BCUT2D eigenvalue weighted by Gasteiger charge is -2.31. The molecule has 0 heterocycles. The lowest BCUT2D eigenvalue weighted by atomic mass is 9.98. The lowest BCUT2D eigenvalue weighted by molar-refractivity contribution is -0.114. The second-order valence-electron chi connectivity index (χ2n) is 9.50. The molecule has 0 aliphatic rings. The van der Waals surface area contributed by atoms with Crippen LogP contribution in [0.2, 0.25) is 0 Å². The Bertz CT molecular complexity index is 1310. The first-order valence-electron chi connectivity index (χ1n) is 12.9. The number of carbonyl (C=O) groups excluding carboxylic acids is 2. The van der Waals surface area contributed by atoms with Gasteiger partial charge in [0.25, 0.3) is 0 Å². The van der Waals surface area contributed by atoms with Crippen LogP contribution in [0.15, 0.2) is 103 Å². The molecule has 0 radical (unpaired) electrons. The van der Waals surface area contributed by atoms with Crippen LogP contribution in [0.5, 0.6) is 5.75 Å². The van der Waals surface area contributed by atoms with Crippen LogP contribution < -0.4 is 5.32 Å². The van der Waals surface area contributed by atoms with E-state index in [2.05, 4.69) is 29.3 Å². The van der Waals surface area contributed by atoms with Crippen LogP contribution >= 0.6 is 0 Å².